The lowest BCUT2D eigenvalue weighted by atomic mass is 9.89. The van der Waals surface area contributed by atoms with Gasteiger partial charge in [-0.15, -0.1) is 11.3 Å². The van der Waals surface area contributed by atoms with E-state index in [1.54, 1.807) is 16.2 Å². The van der Waals surface area contributed by atoms with Crippen LogP contribution in [0.5, 0.6) is 0 Å². The van der Waals surface area contributed by atoms with E-state index in [0.29, 0.717) is 19.4 Å². The van der Waals surface area contributed by atoms with Crippen LogP contribution in [0.15, 0.2) is 17.5 Å². The van der Waals surface area contributed by atoms with Crippen LogP contribution in [0.2, 0.25) is 0 Å². The van der Waals surface area contributed by atoms with Crippen LogP contribution in [-0.4, -0.2) is 41.4 Å². The van der Waals surface area contributed by atoms with E-state index in [9.17, 15) is 14.4 Å². The van der Waals surface area contributed by atoms with Crippen molar-refractivity contribution in [3.63, 3.8) is 0 Å². The van der Waals surface area contributed by atoms with Crippen molar-refractivity contribution in [2.24, 2.45) is 0 Å². The number of nitrogens with one attached hydrogen (secondary N) is 2. The number of amides is 4. The molecule has 0 aliphatic carbocycles. The fraction of sp³-hybridized carbons (Fsp3) is 0.500. The van der Waals surface area contributed by atoms with Gasteiger partial charge >= 0.3 is 6.03 Å². The second-order valence-corrected chi connectivity index (χ2v) is 6.52. The SMILES string of the molecule is O=C1NC(=O)C2(CCCN(C(=O)CCc3cccs3)C2)N1. The highest BCUT2D eigenvalue weighted by Gasteiger charge is 2.49. The number of hydrogen-bond acceptors (Lipinski definition) is 4. The van der Waals surface area contributed by atoms with Crippen LogP contribution in [0.1, 0.15) is 24.1 Å². The lowest BCUT2D eigenvalue weighted by Crippen LogP contribution is -2.59. The van der Waals surface area contributed by atoms with Gasteiger partial charge in [-0.05, 0) is 30.7 Å². The number of carbonyl (C=O) groups is 3. The molecule has 3 rings (SSSR count). The summed E-state index contributed by atoms with van der Waals surface area (Å²) in [5, 5.41) is 6.94. The molecule has 0 aromatic carbocycles. The van der Waals surface area contributed by atoms with E-state index in [2.05, 4.69) is 10.6 Å². The molecule has 1 spiro atoms. The number of aryl methyl sites for hydroxylation is 1. The molecule has 112 valence electrons. The molecule has 0 saturated carbocycles. The Balaban J connectivity index is 1.62. The second kappa shape index (κ2) is 5.48. The van der Waals surface area contributed by atoms with Crippen LogP contribution in [0, 0.1) is 0 Å². The van der Waals surface area contributed by atoms with Crippen molar-refractivity contribution in [1.29, 1.82) is 0 Å². The maximum atomic E-state index is 12.3. The van der Waals surface area contributed by atoms with Gasteiger partial charge in [-0.3, -0.25) is 14.9 Å². The zero-order valence-corrected chi connectivity index (χ0v) is 12.4. The Morgan fingerprint density at radius 3 is 2.95 bits per heavy atom. The summed E-state index contributed by atoms with van der Waals surface area (Å²) in [5.41, 5.74) is -0.923. The maximum Gasteiger partial charge on any atom is 0.322 e. The molecule has 6 nitrogen and oxygen atoms in total. The highest BCUT2D eigenvalue weighted by Crippen LogP contribution is 2.25. The average Bonchev–Trinajstić information content (AvgIpc) is 3.06. The van der Waals surface area contributed by atoms with Gasteiger partial charge in [-0.1, -0.05) is 6.07 Å². The van der Waals surface area contributed by atoms with Crippen molar-refractivity contribution in [2.75, 3.05) is 13.1 Å². The van der Waals surface area contributed by atoms with E-state index in [1.807, 2.05) is 17.5 Å². The summed E-state index contributed by atoms with van der Waals surface area (Å²) in [6, 6.07) is 3.52. The number of carbonyl (C=O) groups excluding carboxylic acids is 3. The topological polar surface area (TPSA) is 78.5 Å². The molecule has 1 atom stereocenters. The summed E-state index contributed by atoms with van der Waals surface area (Å²) in [5.74, 6) is -0.278. The van der Waals surface area contributed by atoms with Crippen molar-refractivity contribution in [2.45, 2.75) is 31.2 Å². The van der Waals surface area contributed by atoms with Gasteiger partial charge in [0.05, 0.1) is 6.54 Å². The Morgan fingerprint density at radius 2 is 2.29 bits per heavy atom. The minimum atomic E-state index is -0.923. The molecular formula is C14H17N3O3S. The maximum absolute atomic E-state index is 12.3. The molecular weight excluding hydrogens is 290 g/mol. The first kappa shape index (κ1) is 14.1. The number of imide groups is 1. The lowest BCUT2D eigenvalue weighted by Gasteiger charge is -2.38. The van der Waals surface area contributed by atoms with Gasteiger partial charge in [-0.25, -0.2) is 4.79 Å². The Bertz CT molecular complexity index is 572. The van der Waals surface area contributed by atoms with Crippen LogP contribution < -0.4 is 10.6 Å². The molecule has 0 radical (unpaired) electrons. The molecule has 0 bridgehead atoms. The van der Waals surface area contributed by atoms with Crippen LogP contribution in [0.25, 0.3) is 0 Å². The minimum Gasteiger partial charge on any atom is -0.340 e. The van der Waals surface area contributed by atoms with Crippen molar-refractivity contribution in [3.05, 3.63) is 22.4 Å². The zero-order valence-electron chi connectivity index (χ0n) is 11.6. The van der Waals surface area contributed by atoms with Crippen LogP contribution in [0.3, 0.4) is 0 Å². The fourth-order valence-electron chi connectivity index (χ4n) is 2.93. The van der Waals surface area contributed by atoms with E-state index >= 15 is 0 Å². The van der Waals surface area contributed by atoms with Gasteiger partial charge in [0, 0.05) is 17.8 Å². The molecule has 4 amide bonds. The Kier molecular flexibility index (Phi) is 3.67. The monoisotopic (exact) mass is 307 g/mol. The number of thiophene rings is 1. The first-order chi connectivity index (χ1) is 10.1. The predicted molar refractivity (Wildman–Crippen MR) is 77.9 cm³/mol. The summed E-state index contributed by atoms with van der Waals surface area (Å²) in [4.78, 5) is 38.5. The van der Waals surface area contributed by atoms with Crippen LogP contribution in [-0.2, 0) is 16.0 Å². The Labute approximate surface area is 126 Å². The van der Waals surface area contributed by atoms with Crippen molar-refractivity contribution in [1.82, 2.24) is 15.5 Å². The zero-order chi connectivity index (χ0) is 14.9. The molecule has 3 heterocycles. The summed E-state index contributed by atoms with van der Waals surface area (Å²) in [6.45, 7) is 0.919. The molecule has 2 aliphatic rings. The standard InChI is InChI=1S/C14H17N3O3S/c18-11(5-4-10-3-1-8-21-10)17-7-2-6-14(9-17)12(19)15-13(20)16-14/h1,3,8H,2,4-7,9H2,(H2,15,16,19,20). The average molecular weight is 307 g/mol. The molecule has 1 unspecified atom stereocenters. The number of likely N-dealkylation sites (tertiary alicyclic amines) is 1. The van der Waals surface area contributed by atoms with E-state index in [0.717, 1.165) is 12.8 Å². The number of nitrogens with zero attached hydrogens (tertiary/aromatic N) is 1. The van der Waals surface area contributed by atoms with Crippen LogP contribution >= 0.6 is 11.3 Å². The normalized spacial score (nSPS) is 25.0. The summed E-state index contributed by atoms with van der Waals surface area (Å²) in [6.07, 6.45) is 2.46. The first-order valence-corrected chi connectivity index (χ1v) is 7.91. The van der Waals surface area contributed by atoms with Crippen molar-refractivity contribution in [3.8, 4) is 0 Å². The largest absolute Gasteiger partial charge is 0.340 e. The second-order valence-electron chi connectivity index (χ2n) is 5.49. The number of urea groups is 1. The van der Waals surface area contributed by atoms with Crippen molar-refractivity contribution < 1.29 is 14.4 Å². The molecule has 7 heteroatoms. The highest BCUT2D eigenvalue weighted by atomic mass is 32.1. The summed E-state index contributed by atoms with van der Waals surface area (Å²) < 4.78 is 0. The molecule has 2 N–H and O–H groups in total. The highest BCUT2D eigenvalue weighted by molar-refractivity contribution is 7.09. The summed E-state index contributed by atoms with van der Waals surface area (Å²) in [7, 11) is 0. The quantitative estimate of drug-likeness (QED) is 0.814. The third-order valence-electron chi connectivity index (χ3n) is 4.02. The van der Waals surface area contributed by atoms with Gasteiger partial charge < -0.3 is 10.2 Å². The molecule has 21 heavy (non-hydrogen) atoms. The van der Waals surface area contributed by atoms with Crippen LogP contribution in [0.4, 0.5) is 4.79 Å². The molecule has 2 fully saturated rings. The van der Waals surface area contributed by atoms with Gasteiger partial charge in [-0.2, -0.15) is 0 Å². The predicted octanol–water partition coefficient (Wildman–Crippen LogP) is 0.881. The van der Waals surface area contributed by atoms with Gasteiger partial charge in [0.15, 0.2) is 0 Å². The van der Waals surface area contributed by atoms with E-state index in [4.69, 9.17) is 0 Å². The van der Waals surface area contributed by atoms with E-state index < -0.39 is 11.6 Å². The molecule has 2 aliphatic heterocycles. The lowest BCUT2D eigenvalue weighted by molar-refractivity contribution is -0.136. The number of piperidine rings is 1. The smallest absolute Gasteiger partial charge is 0.322 e. The van der Waals surface area contributed by atoms with Gasteiger partial charge in [0.25, 0.3) is 5.91 Å². The number of hydrogen-bond donors (Lipinski definition) is 2. The first-order valence-electron chi connectivity index (χ1n) is 7.03. The van der Waals surface area contributed by atoms with Gasteiger partial charge in [0.1, 0.15) is 5.54 Å². The Hall–Kier alpha value is -1.89. The molecule has 2 saturated heterocycles. The third-order valence-corrected chi connectivity index (χ3v) is 4.96. The van der Waals surface area contributed by atoms with Gasteiger partial charge in [0.2, 0.25) is 5.91 Å². The van der Waals surface area contributed by atoms with Crippen molar-refractivity contribution >= 4 is 29.2 Å². The van der Waals surface area contributed by atoms with E-state index in [-0.39, 0.29) is 18.4 Å². The Morgan fingerprint density at radius 1 is 1.43 bits per heavy atom. The molecule has 1 aromatic heterocycles. The van der Waals surface area contributed by atoms with E-state index in [1.165, 1.54) is 4.88 Å². The molecule has 1 aromatic rings. The fourth-order valence-corrected chi connectivity index (χ4v) is 3.64. The minimum absolute atomic E-state index is 0.0384. The summed E-state index contributed by atoms with van der Waals surface area (Å²) >= 11 is 1.64. The third kappa shape index (κ3) is 2.78. The number of rotatable bonds is 3.